The quantitative estimate of drug-likeness (QED) is 0.466. The maximum Gasteiger partial charge on any atom is 0.213 e. The van der Waals surface area contributed by atoms with Gasteiger partial charge in [-0.2, -0.15) is 0 Å². The van der Waals surface area contributed by atoms with Crippen LogP contribution in [0.3, 0.4) is 0 Å². The molecule has 4 aromatic heterocycles. The normalized spacial score (nSPS) is 16.3. The number of nitrogens with zero attached hydrogens (tertiary/aromatic N) is 6. The molecule has 5 heterocycles. The van der Waals surface area contributed by atoms with Crippen molar-refractivity contribution in [1.29, 1.82) is 0 Å². The second-order valence-corrected chi connectivity index (χ2v) is 7.97. The lowest BCUT2D eigenvalue weighted by molar-refractivity contribution is -0.0298. The number of aromatic nitrogens is 6. The Balaban J connectivity index is 1.60. The maximum atomic E-state index is 6.32. The fraction of sp³-hybridized carbons (Fsp3) is 0.318. The van der Waals surface area contributed by atoms with Gasteiger partial charge in [0, 0.05) is 24.4 Å². The van der Waals surface area contributed by atoms with Crippen LogP contribution < -0.4 is 10.1 Å². The Bertz CT molecular complexity index is 1250. The van der Waals surface area contributed by atoms with Crippen LogP contribution in [0, 0.1) is 6.92 Å². The summed E-state index contributed by atoms with van der Waals surface area (Å²) in [6.07, 6.45) is 8.08. The number of anilines is 2. The first-order chi connectivity index (χ1) is 15.6. The summed E-state index contributed by atoms with van der Waals surface area (Å²) < 4.78 is 13.1. The molecule has 0 radical (unpaired) electrons. The molecule has 1 aliphatic rings. The molecule has 32 heavy (non-hydrogen) atoms. The van der Waals surface area contributed by atoms with E-state index in [9.17, 15) is 0 Å². The molecule has 10 heteroatoms. The number of pyridine rings is 2. The first-order valence-electron chi connectivity index (χ1n) is 10.4. The van der Waals surface area contributed by atoms with Crippen molar-refractivity contribution < 1.29 is 9.47 Å². The van der Waals surface area contributed by atoms with Gasteiger partial charge in [0.15, 0.2) is 5.65 Å². The third-order valence-corrected chi connectivity index (χ3v) is 5.52. The van der Waals surface area contributed by atoms with Crippen molar-refractivity contribution in [2.45, 2.75) is 32.4 Å². The molecule has 1 saturated heterocycles. The summed E-state index contributed by atoms with van der Waals surface area (Å²) in [5.74, 6) is 1.75. The van der Waals surface area contributed by atoms with Gasteiger partial charge in [0.05, 0.1) is 30.3 Å². The Hall–Kier alpha value is -3.30. The molecule has 0 aliphatic carbocycles. The predicted octanol–water partition coefficient (Wildman–Crippen LogP) is 4.70. The Morgan fingerprint density at radius 2 is 2.06 bits per heavy atom. The Labute approximate surface area is 189 Å². The van der Waals surface area contributed by atoms with Crippen LogP contribution in [0.1, 0.15) is 31.3 Å². The third-order valence-electron chi connectivity index (χ3n) is 5.32. The molecule has 1 N–H and O–H groups in total. The molecule has 4 aromatic rings. The third kappa shape index (κ3) is 3.96. The molecular weight excluding hydrogens is 430 g/mol. The lowest BCUT2D eigenvalue weighted by atomic mass is 10.1. The minimum Gasteiger partial charge on any atom is -0.481 e. The smallest absolute Gasteiger partial charge is 0.213 e. The molecule has 0 amide bonds. The van der Waals surface area contributed by atoms with Crippen molar-refractivity contribution in [3.05, 3.63) is 47.8 Å². The number of hydrogen-bond acceptors (Lipinski definition) is 8. The molecule has 1 aliphatic heterocycles. The van der Waals surface area contributed by atoms with Gasteiger partial charge in [0.1, 0.15) is 29.1 Å². The van der Waals surface area contributed by atoms with E-state index < -0.39 is 0 Å². The predicted molar refractivity (Wildman–Crippen MR) is 121 cm³/mol. The van der Waals surface area contributed by atoms with Gasteiger partial charge in [-0.25, -0.2) is 24.9 Å². The number of halogens is 1. The fourth-order valence-electron chi connectivity index (χ4n) is 3.80. The molecule has 1 fully saturated rings. The average Bonchev–Trinajstić information content (AvgIpc) is 3.24. The van der Waals surface area contributed by atoms with Crippen molar-refractivity contribution in [3.63, 3.8) is 0 Å². The van der Waals surface area contributed by atoms with E-state index in [4.69, 9.17) is 26.1 Å². The van der Waals surface area contributed by atoms with E-state index in [2.05, 4.69) is 25.3 Å². The highest BCUT2D eigenvalue weighted by molar-refractivity contribution is 6.30. The number of methoxy groups -OCH3 is 1. The lowest BCUT2D eigenvalue weighted by Gasteiger charge is -2.23. The molecule has 0 spiro atoms. The van der Waals surface area contributed by atoms with Gasteiger partial charge < -0.3 is 14.8 Å². The standard InChI is InChI=1S/C22H22ClN7O2/c1-13-27-19(20-22(28-13)30(12-26-20)18-5-3-4-8-32-18)16-9-14(23)10-25-21(16)29-15-6-7-17(31-2)24-11-15/h6-7,9-12,18H,3-5,8H2,1-2H3,(H,25,29). The number of hydrogen-bond donors (Lipinski definition) is 1. The number of imidazole rings is 1. The summed E-state index contributed by atoms with van der Waals surface area (Å²) in [5.41, 5.74) is 3.53. The SMILES string of the molecule is COc1ccc(Nc2ncc(Cl)cc2-c2nc(C)nc3c2ncn3C2CCCCO2)cn1. The molecule has 1 unspecified atom stereocenters. The highest BCUT2D eigenvalue weighted by Gasteiger charge is 2.22. The summed E-state index contributed by atoms with van der Waals surface area (Å²) in [5, 5.41) is 3.79. The Kier molecular flexibility index (Phi) is 5.59. The first kappa shape index (κ1) is 20.6. The molecule has 5 rings (SSSR count). The Morgan fingerprint density at radius 3 is 2.81 bits per heavy atom. The summed E-state index contributed by atoms with van der Waals surface area (Å²) in [4.78, 5) is 22.7. The number of fused-ring (bicyclic) bond motifs is 1. The molecule has 1 atom stereocenters. The van der Waals surface area contributed by atoms with E-state index in [1.807, 2.05) is 23.6 Å². The van der Waals surface area contributed by atoms with Gasteiger partial charge in [-0.3, -0.25) is 4.57 Å². The van der Waals surface area contributed by atoms with Gasteiger partial charge in [-0.1, -0.05) is 11.6 Å². The zero-order valence-corrected chi connectivity index (χ0v) is 18.5. The van der Waals surface area contributed by atoms with Gasteiger partial charge in [-0.15, -0.1) is 0 Å². The lowest BCUT2D eigenvalue weighted by Crippen LogP contribution is -2.17. The minimum absolute atomic E-state index is 0.0728. The molecule has 0 saturated carbocycles. The van der Waals surface area contributed by atoms with Crippen LogP contribution in [0.5, 0.6) is 5.88 Å². The second kappa shape index (κ2) is 8.68. The number of ether oxygens (including phenoxy) is 2. The highest BCUT2D eigenvalue weighted by Crippen LogP contribution is 2.35. The van der Waals surface area contributed by atoms with E-state index in [0.717, 1.165) is 42.8 Å². The van der Waals surface area contributed by atoms with Crippen LogP contribution in [0.15, 0.2) is 36.9 Å². The van der Waals surface area contributed by atoms with Crippen LogP contribution in [0.2, 0.25) is 5.02 Å². The summed E-state index contributed by atoms with van der Waals surface area (Å²) in [7, 11) is 1.58. The monoisotopic (exact) mass is 451 g/mol. The van der Waals surface area contributed by atoms with Gasteiger partial charge in [0.2, 0.25) is 5.88 Å². The summed E-state index contributed by atoms with van der Waals surface area (Å²) >= 11 is 6.32. The molecule has 0 bridgehead atoms. The van der Waals surface area contributed by atoms with E-state index in [0.29, 0.717) is 33.8 Å². The van der Waals surface area contributed by atoms with Crippen LogP contribution in [0.25, 0.3) is 22.4 Å². The molecule has 0 aromatic carbocycles. The van der Waals surface area contributed by atoms with Crippen LogP contribution in [-0.4, -0.2) is 43.2 Å². The van der Waals surface area contributed by atoms with Gasteiger partial charge >= 0.3 is 0 Å². The fourth-order valence-corrected chi connectivity index (χ4v) is 3.96. The topological polar surface area (TPSA) is 99.9 Å². The van der Waals surface area contributed by atoms with Crippen molar-refractivity contribution in [2.24, 2.45) is 0 Å². The maximum absolute atomic E-state index is 6.32. The van der Waals surface area contributed by atoms with E-state index in [1.165, 1.54) is 0 Å². The molecule has 9 nitrogen and oxygen atoms in total. The molecule has 164 valence electrons. The average molecular weight is 452 g/mol. The van der Waals surface area contributed by atoms with Crippen molar-refractivity contribution in [1.82, 2.24) is 29.5 Å². The second-order valence-electron chi connectivity index (χ2n) is 7.53. The summed E-state index contributed by atoms with van der Waals surface area (Å²) in [6.45, 7) is 2.60. The van der Waals surface area contributed by atoms with Crippen LogP contribution in [0.4, 0.5) is 11.5 Å². The van der Waals surface area contributed by atoms with Crippen molar-refractivity contribution >= 4 is 34.3 Å². The Morgan fingerprint density at radius 1 is 1.16 bits per heavy atom. The van der Waals surface area contributed by atoms with Crippen molar-refractivity contribution in [3.8, 4) is 17.1 Å². The number of rotatable bonds is 5. The molecular formula is C22H22ClN7O2. The number of nitrogens with one attached hydrogen (secondary N) is 1. The zero-order chi connectivity index (χ0) is 22.1. The zero-order valence-electron chi connectivity index (χ0n) is 17.7. The highest BCUT2D eigenvalue weighted by atomic mass is 35.5. The largest absolute Gasteiger partial charge is 0.481 e. The van der Waals surface area contributed by atoms with E-state index >= 15 is 0 Å². The van der Waals surface area contributed by atoms with E-state index in [1.54, 1.807) is 31.9 Å². The van der Waals surface area contributed by atoms with E-state index in [-0.39, 0.29) is 6.23 Å². The number of aryl methyl sites for hydroxylation is 1. The van der Waals surface area contributed by atoms with Crippen molar-refractivity contribution in [2.75, 3.05) is 19.0 Å². The van der Waals surface area contributed by atoms with Crippen LogP contribution in [-0.2, 0) is 4.74 Å². The van der Waals surface area contributed by atoms with Gasteiger partial charge in [-0.05, 0) is 38.3 Å². The summed E-state index contributed by atoms with van der Waals surface area (Å²) in [6, 6.07) is 5.46. The minimum atomic E-state index is -0.0728. The first-order valence-corrected chi connectivity index (χ1v) is 10.8. The van der Waals surface area contributed by atoms with Crippen LogP contribution >= 0.6 is 11.6 Å². The van der Waals surface area contributed by atoms with Gasteiger partial charge in [0.25, 0.3) is 0 Å².